The first-order chi connectivity index (χ1) is 11.4. The van der Waals surface area contributed by atoms with Crippen LogP contribution >= 0.6 is 23.2 Å². The minimum absolute atomic E-state index is 0.0528. The summed E-state index contributed by atoms with van der Waals surface area (Å²) < 4.78 is 32.6. The van der Waals surface area contributed by atoms with Crippen LogP contribution in [0.2, 0.25) is 10.0 Å². The van der Waals surface area contributed by atoms with Crippen molar-refractivity contribution >= 4 is 39.2 Å². The predicted octanol–water partition coefficient (Wildman–Crippen LogP) is 3.49. The van der Waals surface area contributed by atoms with Gasteiger partial charge in [-0.3, -0.25) is 4.79 Å². The molecule has 2 aliphatic rings. The summed E-state index contributed by atoms with van der Waals surface area (Å²) in [6, 6.07) is 3.28. The summed E-state index contributed by atoms with van der Waals surface area (Å²) in [6.07, 6.45) is 4.24. The molecule has 0 aromatic heterocycles. The fraction of sp³-hybridized carbons (Fsp3) is 0.562. The molecule has 1 aromatic carbocycles. The highest BCUT2D eigenvalue weighted by Gasteiger charge is 2.51. The van der Waals surface area contributed by atoms with E-state index in [0.29, 0.717) is 6.42 Å². The average molecular weight is 392 g/mol. The Hall–Kier alpha value is -0.820. The summed E-state index contributed by atoms with van der Waals surface area (Å²) in [7, 11) is -2.58. The zero-order valence-electron chi connectivity index (χ0n) is 13.2. The first-order valence-electron chi connectivity index (χ1n) is 7.92. The first-order valence-corrected chi connectivity index (χ1v) is 10.1. The summed E-state index contributed by atoms with van der Waals surface area (Å²) in [6.45, 7) is 0. The molecule has 1 aliphatic heterocycles. The molecular weight excluding hydrogens is 373 g/mol. The fourth-order valence-corrected chi connectivity index (χ4v) is 6.11. The molecule has 0 unspecified atom stereocenters. The molecule has 3 rings (SSSR count). The number of halogens is 2. The van der Waals surface area contributed by atoms with Gasteiger partial charge in [-0.2, -0.15) is 4.31 Å². The van der Waals surface area contributed by atoms with Gasteiger partial charge >= 0.3 is 5.97 Å². The third-order valence-corrected chi connectivity index (χ3v) is 7.64. The van der Waals surface area contributed by atoms with Gasteiger partial charge in [-0.15, -0.1) is 0 Å². The van der Waals surface area contributed by atoms with Crippen molar-refractivity contribution in [2.24, 2.45) is 5.92 Å². The van der Waals surface area contributed by atoms with Crippen LogP contribution in [0.5, 0.6) is 0 Å². The summed E-state index contributed by atoms with van der Waals surface area (Å²) in [4.78, 5) is 12.2. The monoisotopic (exact) mass is 391 g/mol. The lowest BCUT2D eigenvalue weighted by Gasteiger charge is -2.32. The van der Waals surface area contributed by atoms with Gasteiger partial charge in [0, 0.05) is 6.04 Å². The summed E-state index contributed by atoms with van der Waals surface area (Å²) in [5.41, 5.74) is 0. The SMILES string of the molecule is COC(=O)[C@@H]1C[C@@H]2CCCC[C@@H]2N1S(=O)(=O)c1ccc(Cl)c(Cl)c1. The number of ether oxygens (including phenoxy) is 1. The van der Waals surface area contributed by atoms with E-state index >= 15 is 0 Å². The summed E-state index contributed by atoms with van der Waals surface area (Å²) in [5.74, 6) is -0.312. The van der Waals surface area contributed by atoms with E-state index < -0.39 is 22.0 Å². The Balaban J connectivity index is 2.04. The van der Waals surface area contributed by atoms with Crippen molar-refractivity contribution in [3.63, 3.8) is 0 Å². The van der Waals surface area contributed by atoms with Crippen LogP contribution in [-0.2, 0) is 19.6 Å². The summed E-state index contributed by atoms with van der Waals surface area (Å²) in [5, 5.41) is 0.462. The van der Waals surface area contributed by atoms with E-state index in [1.54, 1.807) is 0 Å². The second-order valence-electron chi connectivity index (χ2n) is 6.30. The third-order valence-electron chi connectivity index (χ3n) is 4.97. The number of methoxy groups -OCH3 is 1. The van der Waals surface area contributed by atoms with Crippen molar-refractivity contribution in [3.8, 4) is 0 Å². The minimum Gasteiger partial charge on any atom is -0.468 e. The molecule has 1 saturated carbocycles. The quantitative estimate of drug-likeness (QED) is 0.739. The van der Waals surface area contributed by atoms with E-state index in [-0.39, 0.29) is 26.9 Å². The van der Waals surface area contributed by atoms with E-state index in [1.807, 2.05) is 0 Å². The van der Waals surface area contributed by atoms with E-state index in [0.717, 1.165) is 25.7 Å². The van der Waals surface area contributed by atoms with Crippen LogP contribution in [0.4, 0.5) is 0 Å². The van der Waals surface area contributed by atoms with Crippen LogP contribution in [0.1, 0.15) is 32.1 Å². The molecule has 132 valence electrons. The number of carbonyl (C=O) groups excluding carboxylic acids is 1. The van der Waals surface area contributed by atoms with Gasteiger partial charge in [-0.1, -0.05) is 36.0 Å². The maximum absolute atomic E-state index is 13.2. The normalized spacial score (nSPS) is 27.7. The van der Waals surface area contributed by atoms with Crippen LogP contribution in [0.3, 0.4) is 0 Å². The van der Waals surface area contributed by atoms with Gasteiger partial charge in [0.05, 0.1) is 22.1 Å². The number of nitrogens with zero attached hydrogens (tertiary/aromatic N) is 1. The topological polar surface area (TPSA) is 63.7 Å². The average Bonchev–Trinajstić information content (AvgIpc) is 2.96. The van der Waals surface area contributed by atoms with E-state index in [9.17, 15) is 13.2 Å². The number of carbonyl (C=O) groups is 1. The number of hydrogen-bond acceptors (Lipinski definition) is 4. The smallest absolute Gasteiger partial charge is 0.324 e. The van der Waals surface area contributed by atoms with Gasteiger partial charge in [0.25, 0.3) is 0 Å². The van der Waals surface area contributed by atoms with E-state index in [2.05, 4.69) is 0 Å². The van der Waals surface area contributed by atoms with Crippen molar-refractivity contribution in [3.05, 3.63) is 28.2 Å². The molecule has 0 N–H and O–H groups in total. The Morgan fingerprint density at radius 2 is 1.92 bits per heavy atom. The van der Waals surface area contributed by atoms with Crippen LogP contribution < -0.4 is 0 Å². The second kappa shape index (κ2) is 6.83. The van der Waals surface area contributed by atoms with E-state index in [4.69, 9.17) is 27.9 Å². The Morgan fingerprint density at radius 1 is 1.21 bits per heavy atom. The summed E-state index contributed by atoms with van der Waals surface area (Å²) >= 11 is 11.9. The van der Waals surface area contributed by atoms with Gasteiger partial charge in [0.15, 0.2) is 0 Å². The lowest BCUT2D eigenvalue weighted by atomic mass is 9.85. The van der Waals surface area contributed by atoms with Gasteiger partial charge in [0.2, 0.25) is 10.0 Å². The molecule has 1 aromatic rings. The number of fused-ring (bicyclic) bond motifs is 1. The highest BCUT2D eigenvalue weighted by atomic mass is 35.5. The fourth-order valence-electron chi connectivity index (χ4n) is 3.86. The third kappa shape index (κ3) is 3.05. The molecule has 8 heteroatoms. The Kier molecular flexibility index (Phi) is 5.12. The van der Waals surface area contributed by atoms with E-state index in [1.165, 1.54) is 29.6 Å². The number of hydrogen-bond donors (Lipinski definition) is 0. The van der Waals surface area contributed by atoms with Crippen LogP contribution in [-0.4, -0.2) is 37.9 Å². The van der Waals surface area contributed by atoms with Gasteiger partial charge in [-0.05, 0) is 43.4 Å². The molecule has 1 saturated heterocycles. The largest absolute Gasteiger partial charge is 0.468 e. The van der Waals surface area contributed by atoms with Crippen molar-refractivity contribution in [2.45, 2.75) is 49.1 Å². The lowest BCUT2D eigenvalue weighted by molar-refractivity contribution is -0.144. The second-order valence-corrected chi connectivity index (χ2v) is 8.95. The Labute approximate surface area is 151 Å². The number of sulfonamides is 1. The van der Waals surface area contributed by atoms with Crippen LogP contribution in [0.25, 0.3) is 0 Å². The van der Waals surface area contributed by atoms with Gasteiger partial charge < -0.3 is 4.74 Å². The Morgan fingerprint density at radius 3 is 2.58 bits per heavy atom. The first kappa shape index (κ1) is 18.0. The maximum atomic E-state index is 13.2. The molecule has 0 bridgehead atoms. The van der Waals surface area contributed by atoms with Crippen molar-refractivity contribution in [1.29, 1.82) is 0 Å². The standard InChI is InChI=1S/C16H19Cl2NO4S/c1-23-16(20)15-8-10-4-2-3-5-14(10)19(15)24(21,22)11-6-7-12(17)13(18)9-11/h6-7,9-10,14-15H,2-5,8H2,1H3/t10-,14-,15-/m0/s1. The molecule has 1 aliphatic carbocycles. The Bertz CT molecular complexity index is 752. The zero-order valence-corrected chi connectivity index (χ0v) is 15.6. The molecule has 2 fully saturated rings. The predicted molar refractivity (Wildman–Crippen MR) is 91.7 cm³/mol. The van der Waals surface area contributed by atoms with Gasteiger partial charge in [-0.25, -0.2) is 8.42 Å². The maximum Gasteiger partial charge on any atom is 0.324 e. The van der Waals surface area contributed by atoms with Crippen LogP contribution in [0, 0.1) is 5.92 Å². The van der Waals surface area contributed by atoms with Crippen LogP contribution in [0.15, 0.2) is 23.1 Å². The minimum atomic E-state index is -3.86. The number of rotatable bonds is 3. The zero-order chi connectivity index (χ0) is 17.5. The van der Waals surface area contributed by atoms with Crippen molar-refractivity contribution < 1.29 is 17.9 Å². The van der Waals surface area contributed by atoms with Gasteiger partial charge in [0.1, 0.15) is 6.04 Å². The molecular formula is C16H19Cl2NO4S. The highest BCUT2D eigenvalue weighted by molar-refractivity contribution is 7.89. The molecule has 3 atom stereocenters. The molecule has 0 amide bonds. The molecule has 24 heavy (non-hydrogen) atoms. The molecule has 0 radical (unpaired) electrons. The molecule has 1 heterocycles. The van der Waals surface area contributed by atoms with Crippen molar-refractivity contribution in [1.82, 2.24) is 4.31 Å². The van der Waals surface area contributed by atoms with Crippen molar-refractivity contribution in [2.75, 3.05) is 7.11 Å². The molecule has 5 nitrogen and oxygen atoms in total. The lowest BCUT2D eigenvalue weighted by Crippen LogP contribution is -2.46. The number of benzene rings is 1. The number of esters is 1. The highest BCUT2D eigenvalue weighted by Crippen LogP contribution is 2.43. The molecule has 0 spiro atoms.